The van der Waals surface area contributed by atoms with E-state index in [2.05, 4.69) is 5.32 Å². The number of nitrogens with zero attached hydrogens (tertiary/aromatic N) is 1. The molecule has 0 radical (unpaired) electrons. The highest BCUT2D eigenvalue weighted by molar-refractivity contribution is 5.96. The number of hydrogen-bond acceptors (Lipinski definition) is 3. The van der Waals surface area contributed by atoms with E-state index in [9.17, 15) is 14.9 Å². The second-order valence-corrected chi connectivity index (χ2v) is 5.35. The molecule has 5 heteroatoms. The Balaban J connectivity index is 2.17. The molecule has 0 unspecified atom stereocenters. The standard InChI is InChI=1S/C14H18N2O3/c1-14(9-5-2-6-10-14)13(17)15-11-7-3-4-8-12(11)16(18)19/h3-4,7-8H,2,5-6,9-10H2,1H3,(H,15,17). The molecule has 0 aromatic heterocycles. The summed E-state index contributed by atoms with van der Waals surface area (Å²) in [5, 5.41) is 13.6. The average Bonchev–Trinajstić information content (AvgIpc) is 2.40. The van der Waals surface area contributed by atoms with Gasteiger partial charge in [0.05, 0.1) is 4.92 Å². The Kier molecular flexibility index (Phi) is 3.83. The Morgan fingerprint density at radius 3 is 2.53 bits per heavy atom. The van der Waals surface area contributed by atoms with Gasteiger partial charge in [0.1, 0.15) is 5.69 Å². The number of para-hydroxylation sites is 2. The van der Waals surface area contributed by atoms with Gasteiger partial charge in [-0.1, -0.05) is 38.3 Å². The average molecular weight is 262 g/mol. The lowest BCUT2D eigenvalue weighted by atomic mass is 9.75. The van der Waals surface area contributed by atoms with Crippen molar-refractivity contribution in [3.8, 4) is 0 Å². The number of hydrogen-bond donors (Lipinski definition) is 1. The van der Waals surface area contributed by atoms with Gasteiger partial charge in [0, 0.05) is 11.5 Å². The lowest BCUT2D eigenvalue weighted by Gasteiger charge is -2.31. The summed E-state index contributed by atoms with van der Waals surface area (Å²) in [6.45, 7) is 1.94. The first-order valence-electron chi connectivity index (χ1n) is 6.58. The van der Waals surface area contributed by atoms with Crippen LogP contribution in [0.5, 0.6) is 0 Å². The molecular weight excluding hydrogens is 244 g/mol. The van der Waals surface area contributed by atoms with E-state index < -0.39 is 10.3 Å². The van der Waals surface area contributed by atoms with Crippen molar-refractivity contribution in [3.63, 3.8) is 0 Å². The number of rotatable bonds is 3. The van der Waals surface area contributed by atoms with Crippen molar-refractivity contribution >= 4 is 17.3 Å². The van der Waals surface area contributed by atoms with Gasteiger partial charge in [-0.2, -0.15) is 0 Å². The predicted molar refractivity (Wildman–Crippen MR) is 72.9 cm³/mol. The fraction of sp³-hybridized carbons (Fsp3) is 0.500. The lowest BCUT2D eigenvalue weighted by molar-refractivity contribution is -0.383. The van der Waals surface area contributed by atoms with Crippen LogP contribution in [0.2, 0.25) is 0 Å². The summed E-state index contributed by atoms with van der Waals surface area (Å²) in [6, 6.07) is 6.25. The number of nitro groups is 1. The maximum Gasteiger partial charge on any atom is 0.292 e. The normalized spacial score (nSPS) is 17.7. The van der Waals surface area contributed by atoms with E-state index >= 15 is 0 Å². The highest BCUT2D eigenvalue weighted by Crippen LogP contribution is 2.37. The summed E-state index contributed by atoms with van der Waals surface area (Å²) in [5.41, 5.74) is -0.179. The third-order valence-electron chi connectivity index (χ3n) is 3.85. The van der Waals surface area contributed by atoms with E-state index in [0.717, 1.165) is 32.1 Å². The van der Waals surface area contributed by atoms with Crippen LogP contribution in [0.25, 0.3) is 0 Å². The van der Waals surface area contributed by atoms with Crippen molar-refractivity contribution < 1.29 is 9.72 Å². The van der Waals surface area contributed by atoms with Crippen molar-refractivity contribution in [2.45, 2.75) is 39.0 Å². The molecule has 0 saturated heterocycles. The molecule has 2 rings (SSSR count). The van der Waals surface area contributed by atoms with E-state index in [1.165, 1.54) is 6.07 Å². The second-order valence-electron chi connectivity index (χ2n) is 5.35. The van der Waals surface area contributed by atoms with Gasteiger partial charge in [-0.3, -0.25) is 14.9 Å². The number of carbonyl (C=O) groups excluding carboxylic acids is 1. The van der Waals surface area contributed by atoms with Crippen LogP contribution >= 0.6 is 0 Å². The maximum absolute atomic E-state index is 12.3. The molecule has 0 atom stereocenters. The Labute approximate surface area is 112 Å². The van der Waals surface area contributed by atoms with Gasteiger partial charge < -0.3 is 5.32 Å². The first-order chi connectivity index (χ1) is 9.03. The molecule has 0 heterocycles. The molecule has 1 N–H and O–H groups in total. The Morgan fingerprint density at radius 2 is 1.89 bits per heavy atom. The fourth-order valence-electron chi connectivity index (χ4n) is 2.57. The molecule has 1 aromatic carbocycles. The van der Waals surface area contributed by atoms with Crippen molar-refractivity contribution in [1.29, 1.82) is 0 Å². The monoisotopic (exact) mass is 262 g/mol. The molecule has 102 valence electrons. The van der Waals surface area contributed by atoms with Crippen LogP contribution in [0, 0.1) is 15.5 Å². The zero-order chi connectivity index (χ0) is 13.9. The molecule has 0 aliphatic heterocycles. The molecule has 1 amide bonds. The van der Waals surface area contributed by atoms with Gasteiger partial charge in [0.25, 0.3) is 5.69 Å². The summed E-state index contributed by atoms with van der Waals surface area (Å²) in [4.78, 5) is 22.8. The van der Waals surface area contributed by atoms with Gasteiger partial charge in [-0.25, -0.2) is 0 Å². The molecular formula is C14H18N2O3. The van der Waals surface area contributed by atoms with E-state index in [4.69, 9.17) is 0 Å². The number of nitrogens with one attached hydrogen (secondary N) is 1. The zero-order valence-electron chi connectivity index (χ0n) is 11.0. The summed E-state index contributed by atoms with van der Waals surface area (Å²) in [5.74, 6) is -0.110. The Bertz CT molecular complexity index is 493. The number of amides is 1. The number of carbonyl (C=O) groups is 1. The molecule has 1 aliphatic carbocycles. The van der Waals surface area contributed by atoms with E-state index in [1.54, 1.807) is 18.2 Å². The van der Waals surface area contributed by atoms with Gasteiger partial charge in [0.2, 0.25) is 5.91 Å². The lowest BCUT2D eigenvalue weighted by Crippen LogP contribution is -2.35. The summed E-state index contributed by atoms with van der Waals surface area (Å²) in [6.07, 6.45) is 4.94. The maximum atomic E-state index is 12.3. The first kappa shape index (κ1) is 13.5. The van der Waals surface area contributed by atoms with Gasteiger partial charge in [-0.15, -0.1) is 0 Å². The van der Waals surface area contributed by atoms with Crippen LogP contribution in [0.3, 0.4) is 0 Å². The molecule has 1 aromatic rings. The molecule has 1 fully saturated rings. The highest BCUT2D eigenvalue weighted by Gasteiger charge is 2.35. The van der Waals surface area contributed by atoms with Crippen LogP contribution in [0.4, 0.5) is 11.4 Å². The quantitative estimate of drug-likeness (QED) is 0.669. The van der Waals surface area contributed by atoms with Crippen LogP contribution < -0.4 is 5.32 Å². The first-order valence-corrected chi connectivity index (χ1v) is 6.58. The topological polar surface area (TPSA) is 72.2 Å². The SMILES string of the molecule is CC1(C(=O)Nc2ccccc2[N+](=O)[O-])CCCCC1. The van der Waals surface area contributed by atoms with Crippen molar-refractivity contribution in [1.82, 2.24) is 0 Å². The van der Waals surface area contributed by atoms with Crippen molar-refractivity contribution in [3.05, 3.63) is 34.4 Å². The number of benzene rings is 1. The molecule has 1 aliphatic rings. The Morgan fingerprint density at radius 1 is 1.26 bits per heavy atom. The minimum absolute atomic E-state index is 0.0599. The smallest absolute Gasteiger partial charge is 0.292 e. The largest absolute Gasteiger partial charge is 0.320 e. The van der Waals surface area contributed by atoms with E-state index in [0.29, 0.717) is 0 Å². The Hall–Kier alpha value is -1.91. The molecule has 19 heavy (non-hydrogen) atoms. The number of anilines is 1. The van der Waals surface area contributed by atoms with Crippen LogP contribution in [0.1, 0.15) is 39.0 Å². The summed E-state index contributed by atoms with van der Waals surface area (Å²) in [7, 11) is 0. The van der Waals surface area contributed by atoms with Crippen LogP contribution in [-0.2, 0) is 4.79 Å². The fourth-order valence-corrected chi connectivity index (χ4v) is 2.57. The van der Waals surface area contributed by atoms with Crippen LogP contribution in [0.15, 0.2) is 24.3 Å². The minimum Gasteiger partial charge on any atom is -0.320 e. The van der Waals surface area contributed by atoms with Crippen LogP contribution in [-0.4, -0.2) is 10.8 Å². The highest BCUT2D eigenvalue weighted by atomic mass is 16.6. The third kappa shape index (κ3) is 2.92. The van der Waals surface area contributed by atoms with Crippen molar-refractivity contribution in [2.24, 2.45) is 5.41 Å². The van der Waals surface area contributed by atoms with Gasteiger partial charge in [0.15, 0.2) is 0 Å². The molecule has 1 saturated carbocycles. The van der Waals surface area contributed by atoms with E-state index in [-0.39, 0.29) is 17.3 Å². The molecule has 0 spiro atoms. The predicted octanol–water partition coefficient (Wildman–Crippen LogP) is 3.50. The second kappa shape index (κ2) is 5.38. The zero-order valence-corrected chi connectivity index (χ0v) is 11.0. The summed E-state index contributed by atoms with van der Waals surface area (Å²) >= 11 is 0. The summed E-state index contributed by atoms with van der Waals surface area (Å²) < 4.78 is 0. The molecule has 0 bridgehead atoms. The van der Waals surface area contributed by atoms with Gasteiger partial charge >= 0.3 is 0 Å². The minimum atomic E-state index is -0.473. The van der Waals surface area contributed by atoms with Gasteiger partial charge in [-0.05, 0) is 18.9 Å². The number of nitro benzene ring substituents is 1. The third-order valence-corrected chi connectivity index (χ3v) is 3.85. The van der Waals surface area contributed by atoms with Crippen molar-refractivity contribution in [2.75, 3.05) is 5.32 Å². The van der Waals surface area contributed by atoms with E-state index in [1.807, 2.05) is 6.92 Å². The molecule has 5 nitrogen and oxygen atoms in total.